The molecular formula is C28H30N6O. The molecule has 0 saturated carbocycles. The Bertz CT molecular complexity index is 1360. The Morgan fingerprint density at radius 3 is 2.69 bits per heavy atom. The van der Waals surface area contributed by atoms with Crippen molar-refractivity contribution in [2.45, 2.75) is 38.8 Å². The van der Waals surface area contributed by atoms with Crippen LogP contribution in [0, 0.1) is 6.92 Å². The van der Waals surface area contributed by atoms with Crippen molar-refractivity contribution in [2.24, 2.45) is 0 Å². The average Bonchev–Trinajstić information content (AvgIpc) is 3.29. The minimum Gasteiger partial charge on any atom is -0.317 e. The number of piperidine rings is 1. The standard InChI is InChI=1S/C28H30N6O/c1-19-15-21(7-11-29-19)27-24-16-22-18-34(28(35)30-25(22)17-26(24)31-32-27)23-9-13-33(14-10-23)12-8-20-5-3-2-4-6-20/h2-7,11,15-17,23H,8-10,12-14,18H2,1H3,(H,30,35)(H,31,32). The zero-order valence-electron chi connectivity index (χ0n) is 20.0. The highest BCUT2D eigenvalue weighted by Crippen LogP contribution is 2.34. The Labute approximate surface area is 205 Å². The second-order valence-corrected chi connectivity index (χ2v) is 9.68. The highest BCUT2D eigenvalue weighted by Gasteiger charge is 2.32. The van der Waals surface area contributed by atoms with Crippen LogP contribution in [-0.4, -0.2) is 56.7 Å². The quantitative estimate of drug-likeness (QED) is 0.435. The van der Waals surface area contributed by atoms with E-state index in [1.54, 1.807) is 0 Å². The molecule has 2 amide bonds. The van der Waals surface area contributed by atoms with Crippen LogP contribution in [0.3, 0.4) is 0 Å². The molecule has 7 nitrogen and oxygen atoms in total. The van der Waals surface area contributed by atoms with Crippen LogP contribution in [0.15, 0.2) is 60.8 Å². The number of pyridine rings is 1. The number of carbonyl (C=O) groups excluding carboxylic acids is 1. The van der Waals surface area contributed by atoms with Crippen molar-refractivity contribution in [3.05, 3.63) is 77.6 Å². The minimum atomic E-state index is 0.00378. The number of likely N-dealkylation sites (tertiary alicyclic amines) is 1. The van der Waals surface area contributed by atoms with Gasteiger partial charge in [-0.05, 0) is 61.6 Å². The van der Waals surface area contributed by atoms with Crippen molar-refractivity contribution in [1.82, 2.24) is 25.0 Å². The number of aryl methyl sites for hydroxylation is 1. The monoisotopic (exact) mass is 466 g/mol. The predicted molar refractivity (Wildman–Crippen MR) is 138 cm³/mol. The number of aromatic nitrogens is 3. The van der Waals surface area contributed by atoms with E-state index >= 15 is 0 Å². The first-order valence-electron chi connectivity index (χ1n) is 12.4. The maximum absolute atomic E-state index is 13.0. The fraction of sp³-hybridized carbons (Fsp3) is 0.321. The van der Waals surface area contributed by atoms with E-state index in [-0.39, 0.29) is 12.1 Å². The van der Waals surface area contributed by atoms with E-state index in [0.29, 0.717) is 6.54 Å². The molecule has 2 aliphatic rings. The first-order chi connectivity index (χ1) is 17.1. The molecule has 7 heteroatoms. The molecule has 2 N–H and O–H groups in total. The number of aromatic amines is 1. The number of hydrogen-bond donors (Lipinski definition) is 2. The molecule has 1 saturated heterocycles. The molecule has 35 heavy (non-hydrogen) atoms. The molecule has 1 fully saturated rings. The number of fused-ring (bicyclic) bond motifs is 2. The molecule has 4 aromatic rings. The number of hydrogen-bond acceptors (Lipinski definition) is 4. The van der Waals surface area contributed by atoms with Crippen LogP contribution >= 0.6 is 0 Å². The zero-order valence-corrected chi connectivity index (χ0v) is 20.0. The molecule has 6 rings (SSSR count). The summed E-state index contributed by atoms with van der Waals surface area (Å²) in [7, 11) is 0. The fourth-order valence-electron chi connectivity index (χ4n) is 5.39. The molecule has 0 unspecified atom stereocenters. The Hall–Kier alpha value is -3.71. The Kier molecular flexibility index (Phi) is 5.70. The number of H-pyrrole nitrogens is 1. The number of urea groups is 1. The van der Waals surface area contributed by atoms with Crippen molar-refractivity contribution in [1.29, 1.82) is 0 Å². The van der Waals surface area contributed by atoms with Crippen LogP contribution in [0.25, 0.3) is 22.2 Å². The van der Waals surface area contributed by atoms with Gasteiger partial charge in [0.25, 0.3) is 0 Å². The van der Waals surface area contributed by atoms with Crippen LogP contribution < -0.4 is 5.32 Å². The Balaban J connectivity index is 1.16. The van der Waals surface area contributed by atoms with Crippen molar-refractivity contribution >= 4 is 22.6 Å². The molecule has 2 aromatic heterocycles. The molecule has 4 heterocycles. The van der Waals surface area contributed by atoms with Gasteiger partial charge in [0.15, 0.2) is 0 Å². The molecule has 0 atom stereocenters. The number of anilines is 1. The van der Waals surface area contributed by atoms with Gasteiger partial charge in [0.1, 0.15) is 5.69 Å². The van der Waals surface area contributed by atoms with Gasteiger partial charge in [-0.2, -0.15) is 5.10 Å². The van der Waals surface area contributed by atoms with E-state index in [1.807, 2.05) is 30.2 Å². The molecule has 2 aliphatic heterocycles. The number of nitrogens with zero attached hydrogens (tertiary/aromatic N) is 4. The van der Waals surface area contributed by atoms with Gasteiger partial charge in [-0.1, -0.05) is 30.3 Å². The summed E-state index contributed by atoms with van der Waals surface area (Å²) < 4.78 is 0. The normalized spacial score (nSPS) is 16.9. The summed E-state index contributed by atoms with van der Waals surface area (Å²) in [5.41, 5.74) is 7.25. The van der Waals surface area contributed by atoms with Gasteiger partial charge >= 0.3 is 6.03 Å². The lowest BCUT2D eigenvalue weighted by Crippen LogP contribution is -2.50. The first-order valence-corrected chi connectivity index (χ1v) is 12.4. The number of nitrogens with one attached hydrogen (secondary N) is 2. The maximum Gasteiger partial charge on any atom is 0.322 e. The first kappa shape index (κ1) is 21.8. The smallest absolute Gasteiger partial charge is 0.317 e. The third-order valence-corrected chi connectivity index (χ3v) is 7.36. The Morgan fingerprint density at radius 2 is 1.89 bits per heavy atom. The number of carbonyl (C=O) groups is 1. The topological polar surface area (TPSA) is 77.2 Å². The van der Waals surface area contributed by atoms with Crippen molar-refractivity contribution in [3.8, 4) is 11.3 Å². The van der Waals surface area contributed by atoms with Crippen LogP contribution in [0.1, 0.15) is 29.7 Å². The molecule has 178 valence electrons. The molecule has 0 aliphatic carbocycles. The van der Waals surface area contributed by atoms with Crippen molar-refractivity contribution in [2.75, 3.05) is 25.0 Å². The van der Waals surface area contributed by atoms with Gasteiger partial charge in [0.2, 0.25) is 0 Å². The lowest BCUT2D eigenvalue weighted by atomic mass is 9.99. The van der Waals surface area contributed by atoms with E-state index < -0.39 is 0 Å². The summed E-state index contributed by atoms with van der Waals surface area (Å²) >= 11 is 0. The van der Waals surface area contributed by atoms with Crippen LogP contribution in [0.2, 0.25) is 0 Å². The van der Waals surface area contributed by atoms with Crippen LogP contribution in [0.5, 0.6) is 0 Å². The fourth-order valence-corrected chi connectivity index (χ4v) is 5.39. The van der Waals surface area contributed by atoms with Gasteiger partial charge in [-0.3, -0.25) is 10.1 Å². The third kappa shape index (κ3) is 4.39. The predicted octanol–water partition coefficient (Wildman–Crippen LogP) is 4.99. The summed E-state index contributed by atoms with van der Waals surface area (Å²) in [6.07, 6.45) is 4.90. The number of benzene rings is 2. The molecule has 0 spiro atoms. The summed E-state index contributed by atoms with van der Waals surface area (Å²) in [6.45, 7) is 5.74. The van der Waals surface area contributed by atoms with Gasteiger partial charge in [0.05, 0.1) is 5.52 Å². The van der Waals surface area contributed by atoms with Gasteiger partial charge in [0, 0.05) is 60.7 Å². The summed E-state index contributed by atoms with van der Waals surface area (Å²) in [5.74, 6) is 0. The van der Waals surface area contributed by atoms with Crippen LogP contribution in [0.4, 0.5) is 10.5 Å². The maximum atomic E-state index is 13.0. The highest BCUT2D eigenvalue weighted by molar-refractivity contribution is 6.00. The van der Waals surface area contributed by atoms with E-state index in [4.69, 9.17) is 0 Å². The highest BCUT2D eigenvalue weighted by atomic mass is 16.2. The second kappa shape index (κ2) is 9.15. The second-order valence-electron chi connectivity index (χ2n) is 9.68. The molecule has 0 radical (unpaired) electrons. The van der Waals surface area contributed by atoms with E-state index in [2.05, 4.69) is 67.9 Å². The summed E-state index contributed by atoms with van der Waals surface area (Å²) in [5, 5.41) is 11.9. The largest absolute Gasteiger partial charge is 0.322 e. The molecule has 0 bridgehead atoms. The summed E-state index contributed by atoms with van der Waals surface area (Å²) in [4.78, 5) is 21.9. The van der Waals surface area contributed by atoms with E-state index in [9.17, 15) is 4.79 Å². The molecular weight excluding hydrogens is 436 g/mol. The molecule has 2 aromatic carbocycles. The number of amides is 2. The van der Waals surface area contributed by atoms with E-state index in [1.165, 1.54) is 5.56 Å². The SMILES string of the molecule is Cc1cc(-c2n[nH]c3cc4c(cc23)CN(C2CCN(CCc3ccccc3)CC2)C(=O)N4)ccn1. The lowest BCUT2D eigenvalue weighted by Gasteiger charge is -2.40. The van der Waals surface area contributed by atoms with E-state index in [0.717, 1.165) is 78.0 Å². The van der Waals surface area contributed by atoms with Gasteiger partial charge in [-0.15, -0.1) is 0 Å². The summed E-state index contributed by atoms with van der Waals surface area (Å²) in [6, 6.07) is 19.2. The van der Waals surface area contributed by atoms with Crippen molar-refractivity contribution < 1.29 is 4.79 Å². The van der Waals surface area contributed by atoms with Gasteiger partial charge in [-0.25, -0.2) is 4.79 Å². The minimum absolute atomic E-state index is 0.00378. The lowest BCUT2D eigenvalue weighted by molar-refractivity contribution is 0.122. The number of rotatable bonds is 5. The Morgan fingerprint density at radius 1 is 1.06 bits per heavy atom. The van der Waals surface area contributed by atoms with Crippen molar-refractivity contribution in [3.63, 3.8) is 0 Å². The average molecular weight is 467 g/mol. The van der Waals surface area contributed by atoms with Crippen LogP contribution in [-0.2, 0) is 13.0 Å². The van der Waals surface area contributed by atoms with Gasteiger partial charge < -0.3 is 15.1 Å². The zero-order chi connectivity index (χ0) is 23.8. The third-order valence-electron chi connectivity index (χ3n) is 7.36.